The van der Waals surface area contributed by atoms with Crippen LogP contribution in [0.5, 0.6) is 0 Å². The number of benzene rings is 3. The van der Waals surface area contributed by atoms with Gasteiger partial charge in [0.25, 0.3) is 10.1 Å². The topological polar surface area (TPSA) is 161 Å². The van der Waals surface area contributed by atoms with Crippen molar-refractivity contribution < 1.29 is 76.2 Å². The zero-order valence-corrected chi connectivity index (χ0v) is 25.0. The van der Waals surface area contributed by atoms with E-state index in [-0.39, 0.29) is 46.2 Å². The third-order valence-corrected chi connectivity index (χ3v) is 7.38. The van der Waals surface area contributed by atoms with E-state index in [4.69, 9.17) is 18.9 Å². The molecule has 0 saturated carbocycles. The van der Waals surface area contributed by atoms with Crippen LogP contribution < -0.4 is 34.7 Å². The summed E-state index contributed by atoms with van der Waals surface area (Å²) in [5, 5.41) is 11.0. The zero-order valence-electron chi connectivity index (χ0n) is 22.2. The van der Waals surface area contributed by atoms with Crippen LogP contribution in [0, 0.1) is 0 Å². The monoisotopic (exact) mass is 591 g/mol. The molecule has 1 saturated heterocycles. The molecule has 0 spiro atoms. The molecule has 0 unspecified atom stereocenters. The molecule has 3 aromatic rings. The maximum Gasteiger partial charge on any atom is 1.00 e. The molecule has 0 amide bonds. The molecule has 1 heterocycles. The van der Waals surface area contributed by atoms with E-state index in [1.165, 1.54) is 43.5 Å². The summed E-state index contributed by atoms with van der Waals surface area (Å²) in [4.78, 5) is 29.7. The molecule has 5 atom stereocenters. The van der Waals surface area contributed by atoms with Crippen LogP contribution in [-0.2, 0) is 29.1 Å². The summed E-state index contributed by atoms with van der Waals surface area (Å²) < 4.78 is 57.7. The molecule has 210 valence electrons. The molecular formula is C28H26NNaO10S. The van der Waals surface area contributed by atoms with Gasteiger partial charge in [0.15, 0.2) is 17.6 Å². The van der Waals surface area contributed by atoms with Crippen LogP contribution in [0.4, 0.5) is 0 Å². The summed E-state index contributed by atoms with van der Waals surface area (Å²) in [6.45, 7) is -0.656. The minimum Gasteiger partial charge on any atom is -0.858 e. The largest absolute Gasteiger partial charge is 1.00 e. The smallest absolute Gasteiger partial charge is 0.858 e. The van der Waals surface area contributed by atoms with E-state index in [9.17, 15) is 27.7 Å². The molecule has 0 aliphatic carbocycles. The van der Waals surface area contributed by atoms with E-state index in [2.05, 4.69) is 4.99 Å². The Morgan fingerprint density at radius 2 is 1.37 bits per heavy atom. The standard InChI is InChI=1S/C28H27NO10S.Na/c1-36-28-22(29-25(30)18-11-5-2-6-12-18)23(39-27(32)20-15-9-4-10-16-20)24(40(33,34)35)21(38-28)17-37-26(31)19-13-7-3-8-14-19;/h2-16,21-24,28H,17H2,1H3,(H,29,30)(H,33,34,35);/q;+1/p-1/t21-,22-,23-,24+,28+;/m1./s1. The summed E-state index contributed by atoms with van der Waals surface area (Å²) in [7, 11) is -3.83. The molecule has 41 heavy (non-hydrogen) atoms. The van der Waals surface area contributed by atoms with E-state index in [1.54, 1.807) is 54.6 Å². The fourth-order valence-electron chi connectivity index (χ4n) is 4.22. The van der Waals surface area contributed by atoms with Gasteiger partial charge in [0, 0.05) is 7.11 Å². The third-order valence-electron chi connectivity index (χ3n) is 6.12. The van der Waals surface area contributed by atoms with Gasteiger partial charge in [-0.15, -0.1) is 0 Å². The average molecular weight is 592 g/mol. The first kappa shape index (κ1) is 32.4. The number of ether oxygens (including phenoxy) is 4. The second-order valence-electron chi connectivity index (χ2n) is 8.75. The third kappa shape index (κ3) is 8.23. The number of rotatable bonds is 9. The van der Waals surface area contributed by atoms with Crippen molar-refractivity contribution >= 4 is 28.0 Å². The summed E-state index contributed by atoms with van der Waals surface area (Å²) in [5.41, 5.74) is 0.448. The van der Waals surface area contributed by atoms with Gasteiger partial charge in [0.2, 0.25) is 0 Å². The number of carbonyl (C=O) groups excluding carboxylic acids is 2. The normalized spacial score (nSPS) is 22.7. The van der Waals surface area contributed by atoms with E-state index in [0.717, 1.165) is 0 Å². The predicted octanol–water partition coefficient (Wildman–Crippen LogP) is -1.12. The van der Waals surface area contributed by atoms with Crippen molar-refractivity contribution in [1.82, 2.24) is 0 Å². The van der Waals surface area contributed by atoms with Crippen molar-refractivity contribution in [3.63, 3.8) is 0 Å². The van der Waals surface area contributed by atoms with Gasteiger partial charge < -0.3 is 24.1 Å². The fourth-order valence-corrected chi connectivity index (χ4v) is 5.31. The Kier molecular flexibility index (Phi) is 11.6. The Morgan fingerprint density at radius 3 is 1.85 bits per heavy atom. The average Bonchev–Trinajstić information content (AvgIpc) is 2.97. The molecule has 1 N–H and O–H groups in total. The van der Waals surface area contributed by atoms with Crippen molar-refractivity contribution in [2.45, 2.75) is 29.8 Å². The Hall–Kier alpha value is -3.10. The molecule has 3 aromatic carbocycles. The first-order chi connectivity index (χ1) is 19.2. The van der Waals surface area contributed by atoms with E-state index in [1.807, 2.05) is 0 Å². The van der Waals surface area contributed by atoms with Crippen molar-refractivity contribution in [3.8, 4) is 0 Å². The van der Waals surface area contributed by atoms with Crippen molar-refractivity contribution in [2.24, 2.45) is 4.99 Å². The molecule has 0 aromatic heterocycles. The van der Waals surface area contributed by atoms with Crippen LogP contribution in [0.25, 0.3) is 0 Å². The Labute approximate surface area is 259 Å². The second kappa shape index (κ2) is 14.7. The first-order valence-corrected chi connectivity index (χ1v) is 13.6. The molecule has 0 bridgehead atoms. The SMILES string of the molecule is CO[C@H]1O[C@H](COC(=O)c2ccccc2)[C@H](S(=O)(=O)O)[C@H](OC(=O)c2ccccc2)[C@H]1N=C([O-])c1ccccc1.[Na+]. The van der Waals surface area contributed by atoms with Crippen LogP contribution in [-0.4, -0.2) is 74.3 Å². The van der Waals surface area contributed by atoms with Gasteiger partial charge >= 0.3 is 41.5 Å². The van der Waals surface area contributed by atoms with Crippen molar-refractivity contribution in [3.05, 3.63) is 108 Å². The van der Waals surface area contributed by atoms with E-state index < -0.39 is 64.4 Å². The van der Waals surface area contributed by atoms with Crippen LogP contribution in [0.1, 0.15) is 26.3 Å². The minimum atomic E-state index is -5.05. The maximum absolute atomic E-state index is 13.0. The molecule has 11 nitrogen and oxygen atoms in total. The molecule has 1 aliphatic heterocycles. The van der Waals surface area contributed by atoms with Gasteiger partial charge in [-0.2, -0.15) is 8.42 Å². The summed E-state index contributed by atoms with van der Waals surface area (Å²) in [5.74, 6) is -2.49. The number of hydrogen-bond donors (Lipinski definition) is 1. The predicted molar refractivity (Wildman–Crippen MR) is 140 cm³/mol. The molecule has 4 rings (SSSR count). The summed E-state index contributed by atoms with van der Waals surface area (Å²) >= 11 is 0. The maximum atomic E-state index is 13.0. The van der Waals surface area contributed by atoms with Crippen molar-refractivity contribution in [2.75, 3.05) is 13.7 Å². The first-order valence-electron chi connectivity index (χ1n) is 12.1. The Balaban J connectivity index is 0.00000462. The van der Waals surface area contributed by atoms with Crippen LogP contribution in [0.2, 0.25) is 0 Å². The van der Waals surface area contributed by atoms with E-state index >= 15 is 0 Å². The zero-order chi connectivity index (χ0) is 28.7. The minimum absolute atomic E-state index is 0. The van der Waals surface area contributed by atoms with Crippen LogP contribution in [0.3, 0.4) is 0 Å². The number of nitrogens with zero attached hydrogens (tertiary/aromatic N) is 1. The number of methoxy groups -OCH3 is 1. The van der Waals surface area contributed by atoms with Gasteiger partial charge in [-0.05, 0) is 35.7 Å². The van der Waals surface area contributed by atoms with Crippen LogP contribution >= 0.6 is 0 Å². The van der Waals surface area contributed by atoms with Crippen molar-refractivity contribution in [1.29, 1.82) is 0 Å². The van der Waals surface area contributed by atoms with Gasteiger partial charge in [-0.25, -0.2) is 9.59 Å². The second-order valence-corrected chi connectivity index (χ2v) is 10.3. The Morgan fingerprint density at radius 1 is 0.878 bits per heavy atom. The number of hydrogen-bond acceptors (Lipinski definition) is 10. The van der Waals surface area contributed by atoms with Crippen LogP contribution in [0.15, 0.2) is 96.0 Å². The number of aliphatic imine (C=N–C) groups is 1. The summed E-state index contributed by atoms with van der Waals surface area (Å²) in [6, 6.07) is 22.0. The molecule has 0 radical (unpaired) electrons. The molecular weight excluding hydrogens is 565 g/mol. The quantitative estimate of drug-likeness (QED) is 0.106. The van der Waals surface area contributed by atoms with Gasteiger partial charge in [-0.1, -0.05) is 66.7 Å². The molecule has 1 aliphatic rings. The molecule has 13 heteroatoms. The van der Waals surface area contributed by atoms with Gasteiger partial charge in [0.05, 0.1) is 11.1 Å². The van der Waals surface area contributed by atoms with E-state index in [0.29, 0.717) is 0 Å². The van der Waals surface area contributed by atoms with Gasteiger partial charge in [-0.3, -0.25) is 9.55 Å². The number of esters is 2. The van der Waals surface area contributed by atoms with Gasteiger partial charge in [0.1, 0.15) is 18.8 Å². The molecule has 1 fully saturated rings. The Bertz CT molecular complexity index is 1440. The number of carbonyl (C=O) groups is 2. The summed E-state index contributed by atoms with van der Waals surface area (Å²) in [6.07, 6.45) is -4.74. The fraction of sp³-hybridized carbons (Fsp3) is 0.250.